The third kappa shape index (κ3) is 4.39. The molecule has 0 aromatic heterocycles. The maximum atomic E-state index is 12.5. The Hall–Kier alpha value is -3.15. The van der Waals surface area contributed by atoms with E-state index in [1.54, 1.807) is 31.2 Å². The van der Waals surface area contributed by atoms with Crippen LogP contribution >= 0.6 is 0 Å². The van der Waals surface area contributed by atoms with Crippen LogP contribution in [0.1, 0.15) is 34.8 Å². The van der Waals surface area contributed by atoms with Gasteiger partial charge in [-0.2, -0.15) is 0 Å². The number of aryl methyl sites for hydroxylation is 1. The highest BCUT2D eigenvalue weighted by Gasteiger charge is 2.36. The zero-order chi connectivity index (χ0) is 20.1. The van der Waals surface area contributed by atoms with Crippen molar-refractivity contribution in [1.29, 1.82) is 0 Å². The van der Waals surface area contributed by atoms with E-state index in [4.69, 9.17) is 4.74 Å². The second kappa shape index (κ2) is 8.69. The first-order valence-electron chi connectivity index (χ1n) is 9.39. The van der Waals surface area contributed by atoms with Crippen molar-refractivity contribution in [2.24, 2.45) is 5.92 Å². The first-order chi connectivity index (χ1) is 13.5. The number of carbonyl (C=O) groups is 3. The number of esters is 1. The van der Waals surface area contributed by atoms with Crippen molar-refractivity contribution in [2.75, 3.05) is 18.1 Å². The van der Waals surface area contributed by atoms with Crippen molar-refractivity contribution in [3.05, 3.63) is 65.2 Å². The van der Waals surface area contributed by atoms with Gasteiger partial charge in [-0.3, -0.25) is 9.59 Å². The van der Waals surface area contributed by atoms with Gasteiger partial charge in [0.25, 0.3) is 0 Å². The van der Waals surface area contributed by atoms with Crippen LogP contribution < -0.4 is 10.2 Å². The average molecular weight is 380 g/mol. The molecule has 0 spiro atoms. The van der Waals surface area contributed by atoms with Gasteiger partial charge in [0.15, 0.2) is 0 Å². The zero-order valence-electron chi connectivity index (χ0n) is 16.1. The lowest BCUT2D eigenvalue weighted by Crippen LogP contribution is -2.33. The molecular weight excluding hydrogens is 356 g/mol. The number of nitrogens with zero attached hydrogens (tertiary/aromatic N) is 1. The van der Waals surface area contributed by atoms with Gasteiger partial charge in [-0.25, -0.2) is 4.79 Å². The van der Waals surface area contributed by atoms with E-state index < -0.39 is 11.9 Å². The van der Waals surface area contributed by atoms with Gasteiger partial charge in [0.1, 0.15) is 0 Å². The van der Waals surface area contributed by atoms with E-state index in [9.17, 15) is 14.4 Å². The van der Waals surface area contributed by atoms with Gasteiger partial charge in [-0.15, -0.1) is 0 Å². The molecule has 1 atom stereocenters. The number of amides is 2. The highest BCUT2D eigenvalue weighted by atomic mass is 16.5. The molecule has 1 aliphatic rings. The summed E-state index contributed by atoms with van der Waals surface area (Å²) in [7, 11) is 0. The van der Waals surface area contributed by atoms with E-state index in [-0.39, 0.29) is 31.4 Å². The molecule has 1 unspecified atom stereocenters. The molecule has 1 aliphatic heterocycles. The van der Waals surface area contributed by atoms with Crippen LogP contribution in [0.25, 0.3) is 0 Å². The molecule has 2 amide bonds. The predicted molar refractivity (Wildman–Crippen MR) is 106 cm³/mol. The topological polar surface area (TPSA) is 75.7 Å². The normalized spacial score (nSPS) is 16.1. The number of ether oxygens (including phenoxy) is 1. The summed E-state index contributed by atoms with van der Waals surface area (Å²) >= 11 is 0. The van der Waals surface area contributed by atoms with Gasteiger partial charge in [0.05, 0.1) is 23.8 Å². The molecule has 146 valence electrons. The Labute approximate surface area is 164 Å². The van der Waals surface area contributed by atoms with E-state index in [1.165, 1.54) is 4.90 Å². The Bertz CT molecular complexity index is 876. The molecule has 1 N–H and O–H groups in total. The summed E-state index contributed by atoms with van der Waals surface area (Å²) < 4.78 is 5.08. The van der Waals surface area contributed by atoms with Crippen LogP contribution in [0, 0.1) is 12.8 Å². The highest BCUT2D eigenvalue weighted by molar-refractivity contribution is 6.05. The Balaban J connectivity index is 1.67. The van der Waals surface area contributed by atoms with E-state index >= 15 is 0 Å². The van der Waals surface area contributed by atoms with Crippen molar-refractivity contribution < 1.29 is 19.1 Å². The van der Waals surface area contributed by atoms with Gasteiger partial charge < -0.3 is 15.0 Å². The van der Waals surface area contributed by atoms with Crippen LogP contribution in [0.15, 0.2) is 48.5 Å². The number of anilines is 1. The number of rotatable bonds is 6. The van der Waals surface area contributed by atoms with Gasteiger partial charge in [-0.05, 0) is 31.5 Å². The number of carbonyl (C=O) groups excluding carboxylic acids is 3. The van der Waals surface area contributed by atoms with Crippen LogP contribution in [0.4, 0.5) is 5.69 Å². The van der Waals surface area contributed by atoms with Crippen LogP contribution in [-0.2, 0) is 20.9 Å². The number of para-hydroxylation sites is 1. The molecule has 1 saturated heterocycles. The van der Waals surface area contributed by atoms with Crippen molar-refractivity contribution in [1.82, 2.24) is 5.32 Å². The molecule has 6 nitrogen and oxygen atoms in total. The summed E-state index contributed by atoms with van der Waals surface area (Å²) in [5, 5.41) is 2.90. The molecule has 1 heterocycles. The van der Waals surface area contributed by atoms with Crippen LogP contribution in [-0.4, -0.2) is 30.9 Å². The Morgan fingerprint density at radius 3 is 2.57 bits per heavy atom. The molecule has 0 aliphatic carbocycles. The molecule has 2 aromatic carbocycles. The fraction of sp³-hybridized carbons (Fsp3) is 0.318. The molecule has 1 fully saturated rings. The summed E-state index contributed by atoms with van der Waals surface area (Å²) in [4.78, 5) is 38.8. The van der Waals surface area contributed by atoms with Crippen LogP contribution in [0.5, 0.6) is 0 Å². The zero-order valence-corrected chi connectivity index (χ0v) is 16.1. The lowest BCUT2D eigenvalue weighted by Gasteiger charge is -2.19. The molecular formula is C22H24N2O4. The van der Waals surface area contributed by atoms with Gasteiger partial charge >= 0.3 is 5.97 Å². The van der Waals surface area contributed by atoms with E-state index in [1.807, 2.05) is 31.2 Å². The first kappa shape index (κ1) is 19.6. The highest BCUT2D eigenvalue weighted by Crippen LogP contribution is 2.28. The third-order valence-electron chi connectivity index (χ3n) is 4.77. The molecule has 28 heavy (non-hydrogen) atoms. The van der Waals surface area contributed by atoms with Gasteiger partial charge in [0, 0.05) is 19.5 Å². The maximum Gasteiger partial charge on any atom is 0.340 e. The van der Waals surface area contributed by atoms with Crippen molar-refractivity contribution in [3.8, 4) is 0 Å². The van der Waals surface area contributed by atoms with Gasteiger partial charge in [0.2, 0.25) is 11.8 Å². The second-order valence-electron chi connectivity index (χ2n) is 6.85. The van der Waals surface area contributed by atoms with Crippen LogP contribution in [0.3, 0.4) is 0 Å². The summed E-state index contributed by atoms with van der Waals surface area (Å²) in [6.45, 7) is 4.66. The Morgan fingerprint density at radius 2 is 1.86 bits per heavy atom. The Morgan fingerprint density at radius 1 is 1.14 bits per heavy atom. The predicted octanol–water partition coefficient (Wildman–Crippen LogP) is 2.84. The van der Waals surface area contributed by atoms with Crippen LogP contribution in [0.2, 0.25) is 0 Å². The van der Waals surface area contributed by atoms with Crippen molar-refractivity contribution in [3.63, 3.8) is 0 Å². The van der Waals surface area contributed by atoms with E-state index in [0.717, 1.165) is 11.1 Å². The third-order valence-corrected chi connectivity index (χ3v) is 4.77. The fourth-order valence-electron chi connectivity index (χ4n) is 3.25. The molecule has 3 rings (SSSR count). The SMILES string of the molecule is CCOC(=O)c1ccccc1N1CC(C(=O)NCc2ccc(C)cc2)CC1=O. The summed E-state index contributed by atoms with van der Waals surface area (Å²) in [5.41, 5.74) is 2.98. The molecule has 0 radical (unpaired) electrons. The lowest BCUT2D eigenvalue weighted by molar-refractivity contribution is -0.126. The lowest BCUT2D eigenvalue weighted by atomic mass is 10.1. The number of hydrogen-bond donors (Lipinski definition) is 1. The standard InChI is InChI=1S/C22H24N2O4/c1-3-28-22(27)18-6-4-5-7-19(18)24-14-17(12-20(24)25)21(26)23-13-16-10-8-15(2)9-11-16/h4-11,17H,3,12-14H2,1-2H3,(H,23,26). The second-order valence-corrected chi connectivity index (χ2v) is 6.85. The minimum absolute atomic E-state index is 0.122. The van der Waals surface area contributed by atoms with Gasteiger partial charge in [-0.1, -0.05) is 42.0 Å². The molecule has 2 aromatic rings. The summed E-state index contributed by atoms with van der Waals surface area (Å²) in [6.07, 6.45) is 0.122. The monoisotopic (exact) mass is 380 g/mol. The Kier molecular flexibility index (Phi) is 6.09. The molecule has 0 bridgehead atoms. The quantitative estimate of drug-likeness (QED) is 0.782. The number of nitrogens with one attached hydrogen (secondary N) is 1. The summed E-state index contributed by atoms with van der Waals surface area (Å²) in [6, 6.07) is 14.7. The first-order valence-corrected chi connectivity index (χ1v) is 9.39. The smallest absolute Gasteiger partial charge is 0.340 e. The largest absolute Gasteiger partial charge is 0.462 e. The van der Waals surface area contributed by atoms with Crippen molar-refractivity contribution >= 4 is 23.5 Å². The summed E-state index contributed by atoms with van der Waals surface area (Å²) in [5.74, 6) is -1.26. The van der Waals surface area contributed by atoms with E-state index in [0.29, 0.717) is 17.8 Å². The maximum absolute atomic E-state index is 12.5. The minimum atomic E-state index is -0.474. The van der Waals surface area contributed by atoms with E-state index in [2.05, 4.69) is 5.32 Å². The molecule has 6 heteroatoms. The average Bonchev–Trinajstić information content (AvgIpc) is 3.09. The van der Waals surface area contributed by atoms with Crippen molar-refractivity contribution in [2.45, 2.75) is 26.8 Å². The number of hydrogen-bond acceptors (Lipinski definition) is 4. The fourth-order valence-corrected chi connectivity index (χ4v) is 3.25. The number of benzene rings is 2. The molecule has 0 saturated carbocycles. The minimum Gasteiger partial charge on any atom is -0.462 e.